The monoisotopic (exact) mass is 276 g/mol. The van der Waals surface area contributed by atoms with Gasteiger partial charge in [0.05, 0.1) is 12.6 Å². The number of nitrogens with one attached hydrogen (secondary N) is 1. The Balaban J connectivity index is 1.82. The van der Waals surface area contributed by atoms with Gasteiger partial charge in [0.15, 0.2) is 0 Å². The number of hydrogen-bond acceptors (Lipinski definition) is 3. The molecule has 1 aromatic rings. The Morgan fingerprint density at radius 2 is 1.85 bits per heavy atom. The fraction of sp³-hybridized carbons (Fsp3) is 0.647. The van der Waals surface area contributed by atoms with Crippen LogP contribution in [0, 0.1) is 5.92 Å². The minimum absolute atomic E-state index is 0.0675. The summed E-state index contributed by atoms with van der Waals surface area (Å²) in [4.78, 5) is 2.55. The molecule has 0 saturated carbocycles. The Bertz CT molecular complexity index is 372. The van der Waals surface area contributed by atoms with E-state index in [-0.39, 0.29) is 12.6 Å². The molecule has 3 heteroatoms. The van der Waals surface area contributed by atoms with Crippen LogP contribution in [-0.4, -0.2) is 42.3 Å². The Hall–Kier alpha value is -0.900. The zero-order valence-electron chi connectivity index (χ0n) is 12.8. The highest BCUT2D eigenvalue weighted by Gasteiger charge is 2.22. The van der Waals surface area contributed by atoms with Gasteiger partial charge in [-0.05, 0) is 37.4 Å². The minimum atomic E-state index is 0.0675. The number of aliphatic hydroxyl groups excluding tert-OH is 1. The van der Waals surface area contributed by atoms with Crippen molar-refractivity contribution in [3.05, 3.63) is 35.9 Å². The number of aliphatic hydroxyl groups is 1. The highest BCUT2D eigenvalue weighted by molar-refractivity contribution is 5.19. The van der Waals surface area contributed by atoms with Gasteiger partial charge in [-0.15, -0.1) is 0 Å². The number of hydrogen-bond donors (Lipinski definition) is 2. The Morgan fingerprint density at radius 3 is 2.40 bits per heavy atom. The van der Waals surface area contributed by atoms with Gasteiger partial charge in [0.25, 0.3) is 0 Å². The van der Waals surface area contributed by atoms with Crippen molar-refractivity contribution in [2.75, 3.05) is 26.2 Å². The van der Waals surface area contributed by atoms with E-state index in [4.69, 9.17) is 0 Å². The summed E-state index contributed by atoms with van der Waals surface area (Å²) in [7, 11) is 0. The van der Waals surface area contributed by atoms with Crippen LogP contribution in [0.1, 0.15) is 38.3 Å². The SMILES string of the molecule is CC(C)CN1CCC(NC(CO)c2ccccc2)CC1. The first kappa shape index (κ1) is 15.5. The van der Waals surface area contributed by atoms with Crippen LogP contribution >= 0.6 is 0 Å². The summed E-state index contributed by atoms with van der Waals surface area (Å²) in [6.07, 6.45) is 2.35. The third kappa shape index (κ3) is 4.58. The van der Waals surface area contributed by atoms with Gasteiger partial charge < -0.3 is 15.3 Å². The first-order chi connectivity index (χ1) is 9.69. The van der Waals surface area contributed by atoms with Crippen molar-refractivity contribution >= 4 is 0 Å². The van der Waals surface area contributed by atoms with Gasteiger partial charge in [-0.2, -0.15) is 0 Å². The van der Waals surface area contributed by atoms with Crippen molar-refractivity contribution in [3.63, 3.8) is 0 Å². The van der Waals surface area contributed by atoms with Gasteiger partial charge in [-0.1, -0.05) is 44.2 Å². The number of benzene rings is 1. The number of rotatable bonds is 6. The van der Waals surface area contributed by atoms with Gasteiger partial charge in [-0.25, -0.2) is 0 Å². The molecule has 1 aliphatic rings. The zero-order chi connectivity index (χ0) is 14.4. The van der Waals surface area contributed by atoms with Gasteiger partial charge in [0, 0.05) is 12.6 Å². The summed E-state index contributed by atoms with van der Waals surface area (Å²) < 4.78 is 0. The van der Waals surface area contributed by atoms with E-state index in [0.717, 1.165) is 5.92 Å². The van der Waals surface area contributed by atoms with Crippen molar-refractivity contribution < 1.29 is 5.11 Å². The third-order valence-electron chi connectivity index (χ3n) is 4.03. The van der Waals surface area contributed by atoms with Crippen LogP contribution in [0.3, 0.4) is 0 Å². The van der Waals surface area contributed by atoms with Crippen LogP contribution in [0.2, 0.25) is 0 Å². The molecule has 112 valence electrons. The molecule has 1 unspecified atom stereocenters. The topological polar surface area (TPSA) is 35.5 Å². The van der Waals surface area contributed by atoms with Gasteiger partial charge in [-0.3, -0.25) is 0 Å². The molecule has 0 aliphatic carbocycles. The second-order valence-corrected chi connectivity index (χ2v) is 6.28. The predicted octanol–water partition coefficient (Wildman–Crippen LogP) is 2.43. The second kappa shape index (κ2) is 7.77. The molecule has 3 nitrogen and oxygen atoms in total. The molecule has 1 aromatic carbocycles. The average Bonchev–Trinajstić information content (AvgIpc) is 2.47. The lowest BCUT2D eigenvalue weighted by Gasteiger charge is -2.35. The van der Waals surface area contributed by atoms with Crippen LogP contribution in [0.5, 0.6) is 0 Å². The highest BCUT2D eigenvalue weighted by Crippen LogP contribution is 2.18. The van der Waals surface area contributed by atoms with E-state index < -0.39 is 0 Å². The third-order valence-corrected chi connectivity index (χ3v) is 4.03. The van der Waals surface area contributed by atoms with Crippen LogP contribution in [0.25, 0.3) is 0 Å². The Kier molecular flexibility index (Phi) is 6.02. The predicted molar refractivity (Wildman–Crippen MR) is 83.7 cm³/mol. The molecule has 1 aliphatic heterocycles. The van der Waals surface area contributed by atoms with Crippen molar-refractivity contribution in [1.29, 1.82) is 0 Å². The molecule has 1 atom stereocenters. The summed E-state index contributed by atoms with van der Waals surface area (Å²) in [5.74, 6) is 0.744. The molecule has 1 fully saturated rings. The van der Waals surface area contributed by atoms with Crippen molar-refractivity contribution in [2.24, 2.45) is 5.92 Å². The zero-order valence-corrected chi connectivity index (χ0v) is 12.8. The maximum absolute atomic E-state index is 9.61. The van der Waals surface area contributed by atoms with E-state index in [1.54, 1.807) is 0 Å². The maximum Gasteiger partial charge on any atom is 0.0626 e. The lowest BCUT2D eigenvalue weighted by atomic mass is 10.0. The molecule has 2 rings (SSSR count). The number of likely N-dealkylation sites (tertiary alicyclic amines) is 1. The molecule has 0 amide bonds. The van der Waals surface area contributed by atoms with E-state index in [1.807, 2.05) is 18.2 Å². The van der Waals surface area contributed by atoms with E-state index in [2.05, 4.69) is 36.2 Å². The Morgan fingerprint density at radius 1 is 1.20 bits per heavy atom. The van der Waals surface area contributed by atoms with E-state index >= 15 is 0 Å². The fourth-order valence-corrected chi connectivity index (χ4v) is 3.02. The van der Waals surface area contributed by atoms with E-state index in [0.29, 0.717) is 6.04 Å². The first-order valence-electron chi connectivity index (χ1n) is 7.83. The molecule has 1 heterocycles. The number of nitrogens with zero attached hydrogens (tertiary/aromatic N) is 1. The van der Waals surface area contributed by atoms with Gasteiger partial charge in [0.2, 0.25) is 0 Å². The summed E-state index contributed by atoms with van der Waals surface area (Å²) >= 11 is 0. The largest absolute Gasteiger partial charge is 0.394 e. The second-order valence-electron chi connectivity index (χ2n) is 6.28. The summed E-state index contributed by atoms with van der Waals surface area (Å²) in [6.45, 7) is 8.26. The van der Waals surface area contributed by atoms with E-state index in [1.165, 1.54) is 38.0 Å². The molecule has 0 bridgehead atoms. The molecular weight excluding hydrogens is 248 g/mol. The van der Waals surface area contributed by atoms with Crippen molar-refractivity contribution in [1.82, 2.24) is 10.2 Å². The lowest BCUT2D eigenvalue weighted by Crippen LogP contribution is -2.45. The van der Waals surface area contributed by atoms with Gasteiger partial charge in [0.1, 0.15) is 0 Å². The van der Waals surface area contributed by atoms with Crippen molar-refractivity contribution in [3.8, 4) is 0 Å². The van der Waals surface area contributed by atoms with Gasteiger partial charge >= 0.3 is 0 Å². The molecule has 0 radical (unpaired) electrons. The molecule has 2 N–H and O–H groups in total. The molecule has 0 spiro atoms. The summed E-state index contributed by atoms with van der Waals surface area (Å²) in [5.41, 5.74) is 1.18. The molecule has 0 aromatic heterocycles. The highest BCUT2D eigenvalue weighted by atomic mass is 16.3. The van der Waals surface area contributed by atoms with Crippen molar-refractivity contribution in [2.45, 2.75) is 38.8 Å². The number of piperidine rings is 1. The van der Waals surface area contributed by atoms with Crippen LogP contribution < -0.4 is 5.32 Å². The lowest BCUT2D eigenvalue weighted by molar-refractivity contribution is 0.160. The average molecular weight is 276 g/mol. The molecular formula is C17H28N2O. The van der Waals surface area contributed by atoms with Crippen LogP contribution in [0.4, 0.5) is 0 Å². The smallest absolute Gasteiger partial charge is 0.0626 e. The molecule has 1 saturated heterocycles. The fourth-order valence-electron chi connectivity index (χ4n) is 3.02. The summed E-state index contributed by atoms with van der Waals surface area (Å²) in [6, 6.07) is 10.8. The summed E-state index contributed by atoms with van der Waals surface area (Å²) in [5, 5.41) is 13.2. The molecule has 20 heavy (non-hydrogen) atoms. The minimum Gasteiger partial charge on any atom is -0.394 e. The standard InChI is InChI=1S/C17H28N2O/c1-14(2)12-19-10-8-16(9-11-19)18-17(13-20)15-6-4-3-5-7-15/h3-7,14,16-18,20H,8-13H2,1-2H3. The van der Waals surface area contributed by atoms with Crippen LogP contribution in [0.15, 0.2) is 30.3 Å². The first-order valence-corrected chi connectivity index (χ1v) is 7.83. The van der Waals surface area contributed by atoms with E-state index in [9.17, 15) is 5.11 Å². The van der Waals surface area contributed by atoms with Crippen LogP contribution in [-0.2, 0) is 0 Å². The Labute approximate surface area is 123 Å². The quantitative estimate of drug-likeness (QED) is 0.837. The normalized spacial score (nSPS) is 19.4. The maximum atomic E-state index is 9.61.